The Morgan fingerprint density at radius 2 is 0.935 bits per heavy atom. The lowest BCUT2D eigenvalue weighted by atomic mass is 9.92. The molecule has 12 heteroatoms. The summed E-state index contributed by atoms with van der Waals surface area (Å²) in [6.07, 6.45) is 6.41. The number of hydrogen-bond donors (Lipinski definition) is 4. The molecule has 0 aliphatic rings. The molecule has 2 aromatic heterocycles. The van der Waals surface area contributed by atoms with Gasteiger partial charge in [0.15, 0.2) is 0 Å². The Bertz CT molecular complexity index is 2390. The molecule has 318 valence electrons. The number of ether oxygens (including phenoxy) is 4. The third-order valence-electron chi connectivity index (χ3n) is 10.5. The van der Waals surface area contributed by atoms with Crippen LogP contribution in [0.4, 0.5) is 0 Å². The molecule has 12 nitrogen and oxygen atoms in total. The minimum atomic E-state index is 0.0253. The molecular weight excluding hydrogens is 781 g/mol. The number of aromatic nitrogens is 2. The van der Waals surface area contributed by atoms with Crippen LogP contribution in [0.3, 0.4) is 0 Å². The zero-order valence-corrected chi connectivity index (χ0v) is 35.6. The van der Waals surface area contributed by atoms with Gasteiger partial charge in [-0.05, 0) is 96.5 Å². The Hall–Kier alpha value is -6.80. The first-order valence-corrected chi connectivity index (χ1v) is 20.5. The molecule has 0 radical (unpaired) electrons. The highest BCUT2D eigenvalue weighted by Gasteiger charge is 2.16. The second-order valence-electron chi connectivity index (χ2n) is 15.0. The van der Waals surface area contributed by atoms with Crippen LogP contribution in [-0.4, -0.2) is 46.5 Å². The maximum atomic E-state index is 9.34. The van der Waals surface area contributed by atoms with E-state index in [-0.39, 0.29) is 26.4 Å². The lowest BCUT2D eigenvalue weighted by molar-refractivity contribution is 0.281. The van der Waals surface area contributed by atoms with Crippen LogP contribution in [0.5, 0.6) is 23.0 Å². The first-order chi connectivity index (χ1) is 30.2. The predicted molar refractivity (Wildman–Crippen MR) is 237 cm³/mol. The average molecular weight is 833 g/mol. The molecule has 6 rings (SSSR count). The monoisotopic (exact) mass is 832 g/mol. The van der Waals surface area contributed by atoms with Crippen molar-refractivity contribution in [3.8, 4) is 46.3 Å². The van der Waals surface area contributed by atoms with Crippen molar-refractivity contribution >= 4 is 0 Å². The largest absolute Gasteiger partial charge is 0.488 e. The SMILES string of the molecule is Cc1cc(CNCCO)c(OCc2cncc(C#N)c2)cc1OCc1cccc(-c2cccc(COc3cc(OCc4cncc(C#N)c4)c(CNCCO)cc3C)c2C)c1C. The minimum absolute atomic E-state index is 0.0253. The van der Waals surface area contributed by atoms with E-state index in [0.717, 1.165) is 66.8 Å². The molecule has 0 amide bonds. The summed E-state index contributed by atoms with van der Waals surface area (Å²) in [6, 6.07) is 28.2. The molecule has 0 saturated heterocycles. The van der Waals surface area contributed by atoms with Crippen molar-refractivity contribution in [3.63, 3.8) is 0 Å². The van der Waals surface area contributed by atoms with E-state index in [1.54, 1.807) is 24.5 Å². The fourth-order valence-electron chi connectivity index (χ4n) is 7.07. The van der Waals surface area contributed by atoms with Crippen LogP contribution in [0.25, 0.3) is 11.1 Å². The molecule has 4 aromatic carbocycles. The van der Waals surface area contributed by atoms with E-state index in [4.69, 9.17) is 18.9 Å². The first kappa shape index (κ1) is 44.7. The Labute approximate surface area is 363 Å². The molecule has 62 heavy (non-hydrogen) atoms. The van der Waals surface area contributed by atoms with Crippen LogP contribution in [0.15, 0.2) is 97.6 Å². The van der Waals surface area contributed by atoms with E-state index >= 15 is 0 Å². The van der Waals surface area contributed by atoms with Crippen LogP contribution in [0.2, 0.25) is 0 Å². The number of hydrogen-bond acceptors (Lipinski definition) is 12. The van der Waals surface area contributed by atoms with E-state index in [1.165, 1.54) is 12.4 Å². The number of nitrogens with one attached hydrogen (secondary N) is 2. The lowest BCUT2D eigenvalue weighted by Gasteiger charge is -2.19. The van der Waals surface area contributed by atoms with Crippen molar-refractivity contribution in [1.82, 2.24) is 20.6 Å². The van der Waals surface area contributed by atoms with Crippen LogP contribution in [0, 0.1) is 50.4 Å². The van der Waals surface area contributed by atoms with E-state index < -0.39 is 0 Å². The number of nitrogens with zero attached hydrogens (tertiary/aromatic N) is 4. The molecule has 0 bridgehead atoms. The lowest BCUT2D eigenvalue weighted by Crippen LogP contribution is -2.18. The Morgan fingerprint density at radius 3 is 1.34 bits per heavy atom. The second-order valence-corrected chi connectivity index (χ2v) is 15.0. The molecule has 0 spiro atoms. The fraction of sp³-hybridized carbons (Fsp3) is 0.280. The third kappa shape index (κ3) is 11.7. The van der Waals surface area contributed by atoms with Crippen molar-refractivity contribution in [3.05, 3.63) is 164 Å². The summed E-state index contributed by atoms with van der Waals surface area (Å²) in [5.41, 5.74) is 12.8. The summed E-state index contributed by atoms with van der Waals surface area (Å²) in [5, 5.41) is 43.8. The molecule has 0 unspecified atom stereocenters. The minimum Gasteiger partial charge on any atom is -0.488 e. The van der Waals surface area contributed by atoms with Crippen molar-refractivity contribution in [2.45, 2.75) is 67.2 Å². The number of aliphatic hydroxyl groups excluding tert-OH is 2. The van der Waals surface area contributed by atoms with E-state index in [0.29, 0.717) is 73.5 Å². The molecule has 4 N–H and O–H groups in total. The van der Waals surface area contributed by atoms with Gasteiger partial charge in [0.1, 0.15) is 61.6 Å². The van der Waals surface area contributed by atoms with Gasteiger partial charge in [-0.1, -0.05) is 36.4 Å². The van der Waals surface area contributed by atoms with E-state index in [2.05, 4.69) is 83.0 Å². The Balaban J connectivity index is 1.18. The molecule has 2 heterocycles. The van der Waals surface area contributed by atoms with Gasteiger partial charge in [0.05, 0.1) is 24.3 Å². The predicted octanol–water partition coefficient (Wildman–Crippen LogP) is 7.60. The van der Waals surface area contributed by atoms with Gasteiger partial charge in [-0.3, -0.25) is 9.97 Å². The Morgan fingerprint density at radius 1 is 0.516 bits per heavy atom. The normalized spacial score (nSPS) is 10.8. The third-order valence-corrected chi connectivity index (χ3v) is 10.5. The molecular formula is C50H52N6O6. The highest BCUT2D eigenvalue weighted by Crippen LogP contribution is 2.35. The maximum Gasteiger partial charge on any atom is 0.128 e. The summed E-state index contributed by atoms with van der Waals surface area (Å²) in [6.45, 7) is 11.3. The summed E-state index contributed by atoms with van der Waals surface area (Å²) in [7, 11) is 0. The number of nitriles is 2. The van der Waals surface area contributed by atoms with Crippen molar-refractivity contribution < 1.29 is 29.2 Å². The number of aryl methyl sites for hydroxylation is 2. The quantitative estimate of drug-likeness (QED) is 0.0524. The summed E-state index contributed by atoms with van der Waals surface area (Å²) in [5.74, 6) is 2.67. The molecule has 0 fully saturated rings. The van der Waals surface area contributed by atoms with Crippen LogP contribution >= 0.6 is 0 Å². The van der Waals surface area contributed by atoms with Gasteiger partial charge in [0.2, 0.25) is 0 Å². The summed E-state index contributed by atoms with van der Waals surface area (Å²) >= 11 is 0. The number of benzene rings is 4. The highest BCUT2D eigenvalue weighted by molar-refractivity contribution is 5.72. The second kappa shape index (κ2) is 22.2. The smallest absolute Gasteiger partial charge is 0.128 e. The summed E-state index contributed by atoms with van der Waals surface area (Å²) < 4.78 is 25.5. The zero-order chi connectivity index (χ0) is 43.8. The summed E-state index contributed by atoms with van der Waals surface area (Å²) in [4.78, 5) is 8.31. The molecule has 0 aliphatic carbocycles. The highest BCUT2D eigenvalue weighted by atomic mass is 16.5. The molecule has 0 saturated carbocycles. The van der Waals surface area contributed by atoms with Crippen LogP contribution in [-0.2, 0) is 39.5 Å². The van der Waals surface area contributed by atoms with Gasteiger partial charge in [0, 0.05) is 85.4 Å². The topological polar surface area (TPSA) is 175 Å². The number of pyridine rings is 2. The average Bonchev–Trinajstić information content (AvgIpc) is 3.29. The molecule has 0 aliphatic heterocycles. The molecule has 6 aromatic rings. The van der Waals surface area contributed by atoms with Crippen molar-refractivity contribution in [2.75, 3.05) is 26.3 Å². The first-order valence-electron chi connectivity index (χ1n) is 20.5. The zero-order valence-electron chi connectivity index (χ0n) is 35.6. The van der Waals surface area contributed by atoms with Crippen molar-refractivity contribution in [1.29, 1.82) is 10.5 Å². The number of rotatable bonds is 21. The van der Waals surface area contributed by atoms with Crippen molar-refractivity contribution in [2.24, 2.45) is 0 Å². The number of aliphatic hydroxyl groups is 2. The van der Waals surface area contributed by atoms with Gasteiger partial charge in [-0.15, -0.1) is 0 Å². The Kier molecular flexibility index (Phi) is 16.0. The maximum absolute atomic E-state index is 9.34. The van der Waals surface area contributed by atoms with Gasteiger partial charge >= 0.3 is 0 Å². The van der Waals surface area contributed by atoms with Crippen LogP contribution in [0.1, 0.15) is 66.8 Å². The molecule has 0 atom stereocenters. The van der Waals surface area contributed by atoms with Crippen LogP contribution < -0.4 is 29.6 Å². The fourth-order valence-corrected chi connectivity index (χ4v) is 7.07. The van der Waals surface area contributed by atoms with E-state index in [9.17, 15) is 20.7 Å². The van der Waals surface area contributed by atoms with Gasteiger partial charge in [-0.2, -0.15) is 10.5 Å². The van der Waals surface area contributed by atoms with Gasteiger partial charge in [0.25, 0.3) is 0 Å². The van der Waals surface area contributed by atoms with Gasteiger partial charge < -0.3 is 39.8 Å². The standard InChI is InChI=1S/C50H52N6O6/c1-33-15-43(27-53-11-13-57)49(59-29-39-17-37(21-51)23-55-25-39)19-47(33)61-31-41-7-5-9-45(35(41)3)46-10-6-8-42(36(46)4)32-62-48-20-50(44(16-34(48)2)28-54-12-14-58)60-30-40-18-38(22-52)24-56-26-40/h5-10,15-20,23-26,53-54,57-58H,11-14,27-32H2,1-4H3. The van der Waals surface area contributed by atoms with Gasteiger partial charge in [-0.25, -0.2) is 0 Å². The van der Waals surface area contributed by atoms with E-state index in [1.807, 2.05) is 38.1 Å².